The first kappa shape index (κ1) is 27.9. The average Bonchev–Trinajstić information content (AvgIpc) is 3.11. The van der Waals surface area contributed by atoms with Crippen LogP contribution < -0.4 is 10.6 Å². The number of rotatable bonds is 10. The number of aryl methyl sites for hydroxylation is 1. The minimum atomic E-state index is -0.0194. The molecule has 32 heavy (non-hydrogen) atoms. The van der Waals surface area contributed by atoms with E-state index >= 15 is 0 Å². The Morgan fingerprint density at radius 2 is 1.88 bits per heavy atom. The lowest BCUT2D eigenvalue weighted by molar-refractivity contribution is 0.0953. The smallest absolute Gasteiger partial charge is 0.251 e. The van der Waals surface area contributed by atoms with Gasteiger partial charge in [-0.3, -0.25) is 9.48 Å². The third-order valence-electron chi connectivity index (χ3n) is 5.03. The van der Waals surface area contributed by atoms with Gasteiger partial charge in [0.25, 0.3) is 5.91 Å². The number of nitrogens with zero attached hydrogens (tertiary/aromatic N) is 4. The summed E-state index contributed by atoms with van der Waals surface area (Å²) in [5.74, 6) is 1.21. The van der Waals surface area contributed by atoms with Crippen molar-refractivity contribution in [1.82, 2.24) is 25.3 Å². The summed E-state index contributed by atoms with van der Waals surface area (Å²) in [5.41, 5.74) is 4.09. The number of nitrogens with one attached hydrogen (secondary N) is 2. The van der Waals surface area contributed by atoms with Gasteiger partial charge in [0, 0.05) is 51.1 Å². The van der Waals surface area contributed by atoms with Gasteiger partial charge in [0.05, 0.1) is 12.2 Å². The molecule has 0 radical (unpaired) electrons. The van der Waals surface area contributed by atoms with Crippen molar-refractivity contribution >= 4 is 35.8 Å². The molecule has 2 rings (SSSR count). The van der Waals surface area contributed by atoms with Crippen LogP contribution in [0.1, 0.15) is 73.6 Å². The zero-order valence-electron chi connectivity index (χ0n) is 20.3. The first-order valence-corrected chi connectivity index (χ1v) is 11.2. The molecule has 0 saturated carbocycles. The number of unbranched alkanes of at least 4 members (excludes halogenated alkanes) is 1. The number of guanidine groups is 1. The maximum absolute atomic E-state index is 12.2. The Morgan fingerprint density at radius 1 is 1.19 bits per heavy atom. The van der Waals surface area contributed by atoms with E-state index in [9.17, 15) is 4.79 Å². The van der Waals surface area contributed by atoms with Crippen LogP contribution in [-0.4, -0.2) is 46.7 Å². The number of aliphatic imine (C=N–C) groups is 1. The van der Waals surface area contributed by atoms with E-state index in [-0.39, 0.29) is 29.9 Å². The van der Waals surface area contributed by atoms with Crippen molar-refractivity contribution in [3.8, 4) is 0 Å². The van der Waals surface area contributed by atoms with Crippen LogP contribution in [0.4, 0.5) is 0 Å². The zero-order chi connectivity index (χ0) is 22.8. The average molecular weight is 555 g/mol. The topological polar surface area (TPSA) is 74.6 Å². The molecule has 8 heteroatoms. The molecule has 0 fully saturated rings. The van der Waals surface area contributed by atoms with Gasteiger partial charge in [0.15, 0.2) is 5.96 Å². The molecule has 0 spiro atoms. The van der Waals surface area contributed by atoms with Gasteiger partial charge in [-0.1, -0.05) is 39.3 Å². The van der Waals surface area contributed by atoms with Crippen LogP contribution in [0.25, 0.3) is 0 Å². The van der Waals surface area contributed by atoms with Crippen LogP contribution in [0.2, 0.25) is 0 Å². The fraction of sp³-hybridized carbons (Fsp3) is 0.542. The Labute approximate surface area is 210 Å². The minimum Gasteiger partial charge on any atom is -0.357 e. The SMILES string of the molecule is CCCCNC(=O)c1ccc(CN=C(NCC)N(C)Cc2cn(C)nc2C(C)C)cc1.I. The highest BCUT2D eigenvalue weighted by molar-refractivity contribution is 14.0. The molecule has 0 bridgehead atoms. The number of benzene rings is 1. The summed E-state index contributed by atoms with van der Waals surface area (Å²) in [6.07, 6.45) is 4.15. The van der Waals surface area contributed by atoms with E-state index in [1.165, 1.54) is 5.56 Å². The van der Waals surface area contributed by atoms with Gasteiger partial charge < -0.3 is 15.5 Å². The van der Waals surface area contributed by atoms with Gasteiger partial charge in [0.1, 0.15) is 0 Å². The molecule has 1 aromatic heterocycles. The lowest BCUT2D eigenvalue weighted by atomic mass is 10.1. The number of hydrogen-bond donors (Lipinski definition) is 2. The van der Waals surface area contributed by atoms with Gasteiger partial charge >= 0.3 is 0 Å². The fourth-order valence-corrected chi connectivity index (χ4v) is 3.37. The number of carbonyl (C=O) groups excluding carboxylic acids is 1. The summed E-state index contributed by atoms with van der Waals surface area (Å²) in [7, 11) is 4.00. The summed E-state index contributed by atoms with van der Waals surface area (Å²) in [4.78, 5) is 19.1. The second-order valence-corrected chi connectivity index (χ2v) is 8.20. The lowest BCUT2D eigenvalue weighted by Crippen LogP contribution is -2.38. The summed E-state index contributed by atoms with van der Waals surface area (Å²) < 4.78 is 1.88. The summed E-state index contributed by atoms with van der Waals surface area (Å²) in [5, 5.41) is 10.9. The molecule has 0 aliphatic heterocycles. The molecular weight excluding hydrogens is 515 g/mol. The molecule has 1 aromatic carbocycles. The van der Waals surface area contributed by atoms with Crippen molar-refractivity contribution in [2.45, 2.75) is 59.5 Å². The predicted octanol–water partition coefficient (Wildman–Crippen LogP) is 4.29. The number of carbonyl (C=O) groups is 1. The molecule has 7 nitrogen and oxygen atoms in total. The van der Waals surface area contributed by atoms with Crippen molar-refractivity contribution in [3.05, 3.63) is 52.8 Å². The van der Waals surface area contributed by atoms with Crippen LogP contribution in [0, 0.1) is 0 Å². The molecular formula is C24H39IN6O. The van der Waals surface area contributed by atoms with Crippen molar-refractivity contribution in [2.24, 2.45) is 12.0 Å². The van der Waals surface area contributed by atoms with Crippen molar-refractivity contribution < 1.29 is 4.79 Å². The van der Waals surface area contributed by atoms with Crippen molar-refractivity contribution in [3.63, 3.8) is 0 Å². The van der Waals surface area contributed by atoms with Gasteiger partial charge in [-0.25, -0.2) is 4.99 Å². The molecule has 0 saturated heterocycles. The lowest BCUT2D eigenvalue weighted by Gasteiger charge is -2.22. The van der Waals surface area contributed by atoms with E-state index in [2.05, 4.69) is 54.5 Å². The van der Waals surface area contributed by atoms with Crippen molar-refractivity contribution in [1.29, 1.82) is 0 Å². The summed E-state index contributed by atoms with van der Waals surface area (Å²) >= 11 is 0. The second-order valence-electron chi connectivity index (χ2n) is 8.20. The minimum absolute atomic E-state index is 0. The van der Waals surface area contributed by atoms with Crippen LogP contribution in [-0.2, 0) is 20.1 Å². The fourth-order valence-electron chi connectivity index (χ4n) is 3.37. The number of hydrogen-bond acceptors (Lipinski definition) is 3. The number of amides is 1. The summed E-state index contributed by atoms with van der Waals surface area (Å²) in [6.45, 7) is 11.3. The van der Waals surface area contributed by atoms with E-state index in [4.69, 9.17) is 4.99 Å². The molecule has 178 valence electrons. The maximum Gasteiger partial charge on any atom is 0.251 e. The van der Waals surface area contributed by atoms with Crippen LogP contribution >= 0.6 is 24.0 Å². The second kappa shape index (κ2) is 14.1. The predicted molar refractivity (Wildman–Crippen MR) is 143 cm³/mol. The van der Waals surface area contributed by atoms with Crippen LogP contribution in [0.15, 0.2) is 35.5 Å². The Morgan fingerprint density at radius 3 is 2.47 bits per heavy atom. The summed E-state index contributed by atoms with van der Waals surface area (Å²) in [6, 6.07) is 7.68. The highest BCUT2D eigenvalue weighted by Crippen LogP contribution is 2.18. The van der Waals surface area contributed by atoms with Crippen LogP contribution in [0.5, 0.6) is 0 Å². The Bertz CT molecular complexity index is 860. The first-order chi connectivity index (χ1) is 14.8. The Kier molecular flexibility index (Phi) is 12.3. The first-order valence-electron chi connectivity index (χ1n) is 11.2. The third kappa shape index (κ3) is 8.44. The van der Waals surface area contributed by atoms with E-state index in [0.29, 0.717) is 18.0 Å². The van der Waals surface area contributed by atoms with E-state index in [0.717, 1.165) is 49.7 Å². The third-order valence-corrected chi connectivity index (χ3v) is 5.03. The van der Waals surface area contributed by atoms with Gasteiger partial charge in [-0.15, -0.1) is 24.0 Å². The Hall–Kier alpha value is -2.10. The molecule has 0 atom stereocenters. The van der Waals surface area contributed by atoms with Crippen molar-refractivity contribution in [2.75, 3.05) is 20.1 Å². The number of aromatic nitrogens is 2. The zero-order valence-corrected chi connectivity index (χ0v) is 22.6. The standard InChI is InChI=1S/C24H38N6O.HI/c1-7-9-14-26-23(31)20-12-10-19(11-13-20)15-27-24(25-8-2)29(5)16-21-17-30(6)28-22(21)18(3)4;/h10-13,17-18H,7-9,14-16H2,1-6H3,(H,25,27)(H,26,31);1H. The largest absolute Gasteiger partial charge is 0.357 e. The normalized spacial score (nSPS) is 11.3. The van der Waals surface area contributed by atoms with Gasteiger partial charge in [-0.2, -0.15) is 5.10 Å². The molecule has 0 unspecified atom stereocenters. The van der Waals surface area contributed by atoms with Crippen LogP contribution in [0.3, 0.4) is 0 Å². The molecule has 0 aliphatic carbocycles. The van der Waals surface area contributed by atoms with E-state index in [1.807, 2.05) is 43.0 Å². The Balaban J connectivity index is 0.00000512. The number of halogens is 1. The molecule has 2 N–H and O–H groups in total. The molecule has 2 aromatic rings. The quantitative estimate of drug-likeness (QED) is 0.199. The van der Waals surface area contributed by atoms with Gasteiger partial charge in [-0.05, 0) is 37.0 Å². The van der Waals surface area contributed by atoms with E-state index < -0.39 is 0 Å². The van der Waals surface area contributed by atoms with Gasteiger partial charge in [0.2, 0.25) is 0 Å². The molecule has 1 heterocycles. The van der Waals surface area contributed by atoms with E-state index in [1.54, 1.807) is 0 Å². The monoisotopic (exact) mass is 554 g/mol. The highest BCUT2D eigenvalue weighted by atomic mass is 127. The molecule has 0 aliphatic rings. The highest BCUT2D eigenvalue weighted by Gasteiger charge is 2.15. The molecule has 1 amide bonds. The maximum atomic E-state index is 12.2.